The van der Waals surface area contributed by atoms with Crippen LogP contribution >= 0.6 is 11.6 Å². The predicted molar refractivity (Wildman–Crippen MR) is 85.3 cm³/mol. The van der Waals surface area contributed by atoms with E-state index >= 15 is 0 Å². The molecule has 1 atom stereocenters. The van der Waals surface area contributed by atoms with E-state index < -0.39 is 5.82 Å². The van der Waals surface area contributed by atoms with Crippen LogP contribution in [-0.4, -0.2) is 48.8 Å². The van der Waals surface area contributed by atoms with E-state index in [9.17, 15) is 9.18 Å². The molecular formula is C17H21ClFNO3. The van der Waals surface area contributed by atoms with Gasteiger partial charge in [-0.15, -0.1) is 0 Å². The van der Waals surface area contributed by atoms with E-state index in [1.54, 1.807) is 4.90 Å². The Morgan fingerprint density at radius 3 is 2.87 bits per heavy atom. The van der Waals surface area contributed by atoms with E-state index in [0.717, 1.165) is 19.3 Å². The molecule has 2 saturated heterocycles. The summed E-state index contributed by atoms with van der Waals surface area (Å²) in [6.07, 6.45) is 2.66. The Kier molecular flexibility index (Phi) is 4.90. The summed E-state index contributed by atoms with van der Waals surface area (Å²) in [7, 11) is 0. The van der Waals surface area contributed by atoms with Crippen molar-refractivity contribution in [2.24, 2.45) is 0 Å². The van der Waals surface area contributed by atoms with Gasteiger partial charge in [-0.05, 0) is 38.0 Å². The topological polar surface area (TPSA) is 38.8 Å². The summed E-state index contributed by atoms with van der Waals surface area (Å²) in [5, 5.41) is -0.0250. The molecule has 3 rings (SSSR count). The Morgan fingerprint density at radius 2 is 2.22 bits per heavy atom. The van der Waals surface area contributed by atoms with Crippen LogP contribution in [0.4, 0.5) is 4.39 Å². The smallest absolute Gasteiger partial charge is 0.253 e. The molecule has 1 aromatic carbocycles. The minimum Gasteiger partial charge on any atom is -0.376 e. The monoisotopic (exact) mass is 341 g/mol. The second-order valence-corrected chi connectivity index (χ2v) is 6.60. The van der Waals surface area contributed by atoms with E-state index in [0.29, 0.717) is 31.9 Å². The Labute approximate surface area is 140 Å². The number of benzene rings is 1. The average molecular weight is 342 g/mol. The summed E-state index contributed by atoms with van der Waals surface area (Å²) >= 11 is 5.76. The van der Waals surface area contributed by atoms with Crippen molar-refractivity contribution in [2.45, 2.75) is 37.9 Å². The zero-order valence-corrected chi connectivity index (χ0v) is 13.9. The third-order valence-corrected chi connectivity index (χ3v) is 5.00. The number of hydrogen-bond donors (Lipinski definition) is 0. The second-order valence-electron chi connectivity index (χ2n) is 6.20. The molecule has 0 aromatic heterocycles. The molecule has 2 aliphatic heterocycles. The van der Waals surface area contributed by atoms with Crippen LogP contribution in [0.3, 0.4) is 0 Å². The van der Waals surface area contributed by atoms with E-state index in [1.807, 2.05) is 6.92 Å². The normalized spacial score (nSPS) is 23.4. The number of piperidine rings is 1. The van der Waals surface area contributed by atoms with Gasteiger partial charge in [0.15, 0.2) is 0 Å². The van der Waals surface area contributed by atoms with Crippen LogP contribution < -0.4 is 0 Å². The lowest BCUT2D eigenvalue weighted by Crippen LogP contribution is -2.46. The molecule has 23 heavy (non-hydrogen) atoms. The van der Waals surface area contributed by atoms with Crippen molar-refractivity contribution in [2.75, 3.05) is 26.3 Å². The van der Waals surface area contributed by atoms with Crippen LogP contribution in [0.25, 0.3) is 0 Å². The summed E-state index contributed by atoms with van der Waals surface area (Å²) < 4.78 is 24.8. The minimum absolute atomic E-state index is 0.0250. The first kappa shape index (κ1) is 16.7. The van der Waals surface area contributed by atoms with Crippen molar-refractivity contribution >= 4 is 17.5 Å². The highest BCUT2D eigenvalue weighted by Crippen LogP contribution is 2.37. The Balaban J connectivity index is 1.60. The van der Waals surface area contributed by atoms with Crippen LogP contribution in [-0.2, 0) is 9.47 Å². The van der Waals surface area contributed by atoms with E-state index in [2.05, 4.69) is 0 Å². The molecule has 0 radical (unpaired) electrons. The summed E-state index contributed by atoms with van der Waals surface area (Å²) in [6, 6.07) is 4.10. The Bertz CT molecular complexity index is 587. The number of carbonyl (C=O) groups is 1. The molecule has 6 heteroatoms. The summed E-state index contributed by atoms with van der Waals surface area (Å²) in [4.78, 5) is 14.3. The highest BCUT2D eigenvalue weighted by atomic mass is 35.5. The number of nitrogens with zero attached hydrogens (tertiary/aromatic N) is 1. The van der Waals surface area contributed by atoms with Crippen molar-refractivity contribution < 1.29 is 18.7 Å². The molecule has 0 bridgehead atoms. The number of ether oxygens (including phenoxy) is 2. The summed E-state index contributed by atoms with van der Waals surface area (Å²) in [6.45, 7) is 4.58. The SMILES string of the molecule is CCOC1COC2(CCN(C(=O)c3ccc(F)c(Cl)c3)CC2)C1. The number of amides is 1. The van der Waals surface area contributed by atoms with Crippen LogP contribution in [0.1, 0.15) is 36.5 Å². The fraction of sp³-hybridized carbons (Fsp3) is 0.588. The third kappa shape index (κ3) is 3.52. The molecule has 1 unspecified atom stereocenters. The summed E-state index contributed by atoms with van der Waals surface area (Å²) in [5.74, 6) is -0.622. The molecule has 0 N–H and O–H groups in total. The first-order valence-corrected chi connectivity index (χ1v) is 8.41. The van der Waals surface area contributed by atoms with Gasteiger partial charge < -0.3 is 14.4 Å². The predicted octanol–water partition coefficient (Wildman–Crippen LogP) is 3.28. The van der Waals surface area contributed by atoms with Crippen molar-refractivity contribution in [3.8, 4) is 0 Å². The lowest BCUT2D eigenvalue weighted by atomic mass is 9.87. The first-order chi connectivity index (χ1) is 11.0. The Hall–Kier alpha value is -1.17. The molecular weight excluding hydrogens is 321 g/mol. The molecule has 0 aliphatic carbocycles. The van der Waals surface area contributed by atoms with Crippen molar-refractivity contribution in [1.82, 2.24) is 4.90 Å². The molecule has 1 spiro atoms. The van der Waals surface area contributed by atoms with Crippen molar-refractivity contribution in [3.05, 3.63) is 34.6 Å². The van der Waals surface area contributed by atoms with E-state index in [1.165, 1.54) is 18.2 Å². The standard InChI is InChI=1S/C17H21ClFNO3/c1-2-22-13-10-17(23-11-13)5-7-20(8-6-17)16(21)12-3-4-15(19)14(18)9-12/h3-4,9,13H,2,5-8,10-11H2,1H3. The molecule has 2 heterocycles. The fourth-order valence-corrected chi connectivity index (χ4v) is 3.60. The summed E-state index contributed by atoms with van der Waals surface area (Å²) in [5.41, 5.74) is 0.267. The maximum atomic E-state index is 13.2. The number of carbonyl (C=O) groups excluding carboxylic acids is 1. The first-order valence-electron chi connectivity index (χ1n) is 8.03. The average Bonchev–Trinajstić information content (AvgIpc) is 2.93. The van der Waals surface area contributed by atoms with E-state index in [-0.39, 0.29) is 22.6 Å². The van der Waals surface area contributed by atoms with Gasteiger partial charge in [0.1, 0.15) is 5.82 Å². The van der Waals surface area contributed by atoms with Gasteiger partial charge in [-0.1, -0.05) is 11.6 Å². The van der Waals surface area contributed by atoms with Crippen LogP contribution in [0.15, 0.2) is 18.2 Å². The highest BCUT2D eigenvalue weighted by molar-refractivity contribution is 6.31. The van der Waals surface area contributed by atoms with Crippen LogP contribution in [0.5, 0.6) is 0 Å². The minimum atomic E-state index is -0.512. The third-order valence-electron chi connectivity index (χ3n) is 4.71. The van der Waals surface area contributed by atoms with Gasteiger partial charge in [-0.2, -0.15) is 0 Å². The van der Waals surface area contributed by atoms with E-state index in [4.69, 9.17) is 21.1 Å². The molecule has 1 aromatic rings. The van der Waals surface area contributed by atoms with Gasteiger partial charge in [0, 0.05) is 31.7 Å². The lowest BCUT2D eigenvalue weighted by Gasteiger charge is -2.38. The second kappa shape index (κ2) is 6.75. The van der Waals surface area contributed by atoms with Gasteiger partial charge in [-0.3, -0.25) is 4.79 Å². The molecule has 0 saturated carbocycles. The molecule has 4 nitrogen and oxygen atoms in total. The molecule has 1 amide bonds. The number of hydrogen-bond acceptors (Lipinski definition) is 3. The van der Waals surface area contributed by atoms with Crippen LogP contribution in [0.2, 0.25) is 5.02 Å². The Morgan fingerprint density at radius 1 is 1.48 bits per heavy atom. The quantitative estimate of drug-likeness (QED) is 0.847. The zero-order chi connectivity index (χ0) is 16.4. The zero-order valence-electron chi connectivity index (χ0n) is 13.2. The fourth-order valence-electron chi connectivity index (χ4n) is 3.42. The maximum absolute atomic E-state index is 13.2. The largest absolute Gasteiger partial charge is 0.376 e. The van der Waals surface area contributed by atoms with Gasteiger partial charge in [0.2, 0.25) is 0 Å². The lowest BCUT2D eigenvalue weighted by molar-refractivity contribution is -0.0407. The van der Waals surface area contributed by atoms with Gasteiger partial charge in [0.05, 0.1) is 23.3 Å². The van der Waals surface area contributed by atoms with Gasteiger partial charge >= 0.3 is 0 Å². The highest BCUT2D eigenvalue weighted by Gasteiger charge is 2.43. The van der Waals surface area contributed by atoms with Crippen molar-refractivity contribution in [1.29, 1.82) is 0 Å². The van der Waals surface area contributed by atoms with Crippen molar-refractivity contribution in [3.63, 3.8) is 0 Å². The number of rotatable bonds is 3. The number of likely N-dealkylation sites (tertiary alicyclic amines) is 1. The van der Waals surface area contributed by atoms with Gasteiger partial charge in [0.25, 0.3) is 5.91 Å². The van der Waals surface area contributed by atoms with Gasteiger partial charge in [-0.25, -0.2) is 4.39 Å². The molecule has 2 aliphatic rings. The molecule has 2 fully saturated rings. The van der Waals surface area contributed by atoms with Crippen LogP contribution in [0, 0.1) is 5.82 Å². The molecule has 126 valence electrons. The number of halogens is 2. The maximum Gasteiger partial charge on any atom is 0.253 e.